The Hall–Kier alpha value is -2.37. The first-order chi connectivity index (χ1) is 10.5. The fourth-order valence-corrected chi connectivity index (χ4v) is 2.03. The summed E-state index contributed by atoms with van der Waals surface area (Å²) in [4.78, 5) is 34.4. The van der Waals surface area contributed by atoms with E-state index < -0.39 is 17.9 Å². The van der Waals surface area contributed by atoms with E-state index >= 15 is 0 Å². The highest BCUT2D eigenvalue weighted by Crippen LogP contribution is 2.28. The molecule has 6 heteroatoms. The molecule has 1 saturated carbocycles. The van der Waals surface area contributed by atoms with E-state index in [2.05, 4.69) is 10.6 Å². The van der Waals surface area contributed by atoms with E-state index in [-0.39, 0.29) is 11.8 Å². The van der Waals surface area contributed by atoms with Gasteiger partial charge in [0.1, 0.15) is 6.04 Å². The lowest BCUT2D eigenvalue weighted by atomic mass is 10.1. The Morgan fingerprint density at radius 1 is 1.23 bits per heavy atom. The van der Waals surface area contributed by atoms with Crippen molar-refractivity contribution in [3.8, 4) is 0 Å². The molecule has 3 N–H and O–H groups in total. The first-order valence-electron chi connectivity index (χ1n) is 7.41. The lowest BCUT2D eigenvalue weighted by Gasteiger charge is -2.12. The Morgan fingerprint density at radius 2 is 1.86 bits per heavy atom. The number of carboxylic acids is 1. The average molecular weight is 304 g/mol. The second-order valence-electron chi connectivity index (χ2n) is 5.46. The maximum atomic E-state index is 11.9. The number of amides is 2. The number of benzene rings is 1. The van der Waals surface area contributed by atoms with Crippen molar-refractivity contribution in [3.63, 3.8) is 0 Å². The van der Waals surface area contributed by atoms with Crippen molar-refractivity contribution in [2.45, 2.75) is 38.8 Å². The van der Waals surface area contributed by atoms with Crippen LogP contribution in [0.15, 0.2) is 24.3 Å². The molecular weight excluding hydrogens is 284 g/mol. The quantitative estimate of drug-likeness (QED) is 0.707. The smallest absolute Gasteiger partial charge is 0.326 e. The molecule has 118 valence electrons. The number of hydrogen-bond acceptors (Lipinski definition) is 3. The van der Waals surface area contributed by atoms with Gasteiger partial charge in [0.2, 0.25) is 5.91 Å². The maximum absolute atomic E-state index is 11.9. The lowest BCUT2D eigenvalue weighted by Crippen LogP contribution is -2.40. The molecule has 1 unspecified atom stereocenters. The van der Waals surface area contributed by atoms with Crippen molar-refractivity contribution in [1.29, 1.82) is 0 Å². The molecule has 0 spiro atoms. The largest absolute Gasteiger partial charge is 0.480 e. The van der Waals surface area contributed by atoms with Gasteiger partial charge in [-0.1, -0.05) is 19.1 Å². The van der Waals surface area contributed by atoms with Crippen molar-refractivity contribution < 1.29 is 19.5 Å². The van der Waals surface area contributed by atoms with Gasteiger partial charge in [-0.3, -0.25) is 9.59 Å². The van der Waals surface area contributed by atoms with Crippen LogP contribution in [-0.4, -0.2) is 28.9 Å². The highest BCUT2D eigenvalue weighted by Gasteiger charge is 2.29. The fraction of sp³-hybridized carbons (Fsp3) is 0.438. The molecule has 0 aromatic heterocycles. The Balaban J connectivity index is 1.88. The first kappa shape index (κ1) is 16.0. The molecule has 1 aromatic carbocycles. The third-order valence-electron chi connectivity index (χ3n) is 3.64. The van der Waals surface area contributed by atoms with Crippen molar-refractivity contribution in [3.05, 3.63) is 35.4 Å². The Bertz CT molecular complexity index is 564. The predicted octanol–water partition coefficient (Wildman–Crippen LogP) is 1.31. The van der Waals surface area contributed by atoms with Crippen LogP contribution >= 0.6 is 0 Å². The second kappa shape index (κ2) is 7.06. The van der Waals surface area contributed by atoms with Gasteiger partial charge in [-0.05, 0) is 37.0 Å². The van der Waals surface area contributed by atoms with E-state index in [9.17, 15) is 14.4 Å². The van der Waals surface area contributed by atoms with Crippen LogP contribution in [0, 0.1) is 5.92 Å². The molecule has 1 aromatic rings. The highest BCUT2D eigenvalue weighted by atomic mass is 16.4. The Kier molecular flexibility index (Phi) is 5.14. The van der Waals surface area contributed by atoms with Crippen LogP contribution in [0.2, 0.25) is 0 Å². The molecule has 1 fully saturated rings. The van der Waals surface area contributed by atoms with Crippen molar-refractivity contribution in [2.75, 3.05) is 0 Å². The molecule has 1 aliphatic rings. The van der Waals surface area contributed by atoms with Crippen molar-refractivity contribution >= 4 is 17.8 Å². The third-order valence-corrected chi connectivity index (χ3v) is 3.64. The number of carbonyl (C=O) groups is 3. The van der Waals surface area contributed by atoms with Crippen molar-refractivity contribution in [1.82, 2.24) is 10.6 Å². The number of carbonyl (C=O) groups excluding carboxylic acids is 2. The predicted molar refractivity (Wildman–Crippen MR) is 80.2 cm³/mol. The number of aliphatic carboxylic acids is 1. The molecule has 1 aliphatic carbocycles. The van der Waals surface area contributed by atoms with Gasteiger partial charge < -0.3 is 15.7 Å². The molecule has 2 rings (SSSR count). The van der Waals surface area contributed by atoms with Crippen LogP contribution < -0.4 is 10.6 Å². The molecule has 0 bridgehead atoms. The van der Waals surface area contributed by atoms with Gasteiger partial charge in [0, 0.05) is 18.0 Å². The topological polar surface area (TPSA) is 95.5 Å². The Labute approximate surface area is 128 Å². The highest BCUT2D eigenvalue weighted by molar-refractivity contribution is 5.96. The van der Waals surface area contributed by atoms with E-state index in [4.69, 9.17) is 5.11 Å². The summed E-state index contributed by atoms with van der Waals surface area (Å²) in [6, 6.07) is 5.88. The zero-order chi connectivity index (χ0) is 16.1. The first-order valence-corrected chi connectivity index (χ1v) is 7.41. The van der Waals surface area contributed by atoms with Crippen LogP contribution in [0.1, 0.15) is 42.1 Å². The summed E-state index contributed by atoms with van der Waals surface area (Å²) in [5, 5.41) is 14.2. The summed E-state index contributed by atoms with van der Waals surface area (Å²) < 4.78 is 0. The fourth-order valence-electron chi connectivity index (χ4n) is 2.03. The van der Waals surface area contributed by atoms with Gasteiger partial charge in [0.05, 0.1) is 0 Å². The van der Waals surface area contributed by atoms with Gasteiger partial charge in [-0.25, -0.2) is 4.79 Å². The summed E-state index contributed by atoms with van der Waals surface area (Å²) >= 11 is 0. The molecule has 6 nitrogen and oxygen atoms in total. The van der Waals surface area contributed by atoms with E-state index in [1.807, 2.05) is 0 Å². The molecule has 22 heavy (non-hydrogen) atoms. The second-order valence-corrected chi connectivity index (χ2v) is 5.46. The van der Waals surface area contributed by atoms with Gasteiger partial charge >= 0.3 is 5.97 Å². The summed E-state index contributed by atoms with van der Waals surface area (Å²) in [6.07, 6.45) is 2.26. The third kappa shape index (κ3) is 4.31. The monoisotopic (exact) mass is 304 g/mol. The van der Waals surface area contributed by atoms with Crippen LogP contribution in [0.25, 0.3) is 0 Å². The SMILES string of the molecule is CCC(NC(=O)c1ccc(CNC(=O)C2CC2)cc1)C(=O)O. The standard InChI is InChI=1S/C16H20N2O4/c1-2-13(16(21)22)18-15(20)12-5-3-10(4-6-12)9-17-14(19)11-7-8-11/h3-6,11,13H,2,7-9H2,1H3,(H,17,19)(H,18,20)(H,21,22). The Morgan fingerprint density at radius 3 is 2.36 bits per heavy atom. The molecule has 1 atom stereocenters. The van der Waals surface area contributed by atoms with Crippen LogP contribution in [-0.2, 0) is 16.1 Å². The molecule has 2 amide bonds. The van der Waals surface area contributed by atoms with Crippen LogP contribution in [0.3, 0.4) is 0 Å². The normalized spacial score (nSPS) is 15.0. The van der Waals surface area contributed by atoms with Crippen LogP contribution in [0.5, 0.6) is 0 Å². The summed E-state index contributed by atoms with van der Waals surface area (Å²) in [7, 11) is 0. The minimum atomic E-state index is -1.05. The maximum Gasteiger partial charge on any atom is 0.326 e. The van der Waals surface area contributed by atoms with Gasteiger partial charge in [-0.2, -0.15) is 0 Å². The van der Waals surface area contributed by atoms with E-state index in [1.165, 1.54) is 0 Å². The zero-order valence-electron chi connectivity index (χ0n) is 12.5. The molecule has 0 heterocycles. The van der Waals surface area contributed by atoms with Gasteiger partial charge in [0.15, 0.2) is 0 Å². The lowest BCUT2D eigenvalue weighted by molar-refractivity contribution is -0.139. The van der Waals surface area contributed by atoms with Crippen molar-refractivity contribution in [2.24, 2.45) is 5.92 Å². The van der Waals surface area contributed by atoms with E-state index in [0.29, 0.717) is 18.5 Å². The molecule has 0 saturated heterocycles. The van der Waals surface area contributed by atoms with E-state index in [0.717, 1.165) is 18.4 Å². The minimum Gasteiger partial charge on any atom is -0.480 e. The minimum absolute atomic E-state index is 0.0778. The summed E-state index contributed by atoms with van der Waals surface area (Å²) in [5.74, 6) is -1.21. The summed E-state index contributed by atoms with van der Waals surface area (Å²) in [5.41, 5.74) is 1.30. The van der Waals surface area contributed by atoms with Gasteiger partial charge in [0.25, 0.3) is 5.91 Å². The number of carboxylic acid groups (broad SMARTS) is 1. The number of hydrogen-bond donors (Lipinski definition) is 3. The number of rotatable bonds is 7. The molecule has 0 radical (unpaired) electrons. The molecular formula is C16H20N2O4. The zero-order valence-corrected chi connectivity index (χ0v) is 12.5. The molecule has 0 aliphatic heterocycles. The van der Waals surface area contributed by atoms with Crippen LogP contribution in [0.4, 0.5) is 0 Å². The van der Waals surface area contributed by atoms with E-state index in [1.54, 1.807) is 31.2 Å². The van der Waals surface area contributed by atoms with Gasteiger partial charge in [-0.15, -0.1) is 0 Å². The summed E-state index contributed by atoms with van der Waals surface area (Å²) in [6.45, 7) is 2.13. The average Bonchev–Trinajstić information content (AvgIpc) is 3.35. The number of nitrogens with one attached hydrogen (secondary N) is 2.